The molecule has 1 aromatic carbocycles. The zero-order valence-corrected chi connectivity index (χ0v) is 58.3. The van der Waals surface area contributed by atoms with Crippen LogP contribution in [0.2, 0.25) is 0 Å². The number of esters is 1. The fraction of sp³-hybridized carbons (Fsp3) is 0.829. The number of aliphatic hydroxyl groups excluding tert-OH is 16. The van der Waals surface area contributed by atoms with Crippen molar-refractivity contribution in [2.45, 2.75) is 265 Å². The number of methoxy groups -OCH3 is 1. The monoisotopic (exact) mass is 1460 g/mol. The third kappa shape index (κ3) is 14.0. The van der Waals surface area contributed by atoms with E-state index in [1.54, 1.807) is 0 Å². The second-order valence-corrected chi connectivity index (χ2v) is 31.7. The van der Waals surface area contributed by atoms with Crippen LogP contribution in [-0.4, -0.2) is 310 Å². The number of aromatic hydroxyl groups is 1. The van der Waals surface area contributed by atoms with Crippen molar-refractivity contribution in [2.75, 3.05) is 46.8 Å². The minimum Gasteiger partial charge on any atom is -0.504 e. The lowest BCUT2D eigenvalue weighted by atomic mass is 9.33. The standard InChI is InChI=1S/C70H106O32/c1-65(2)18-19-69(64(89)90)20-21-70(29-75)31(32(69)23-65)10-12-41-67(5)16-15-42(66(3,4)40(67)14-17-68(41,70)6)98-62-58(102-59-51(85)48(82)44(78)35(24-71)93-59)53(87)55(38(27-74)96-62)99-61-54(88)56(47(81)37(26-73)94-61)100-63-57(50(84)45(79)36(25-72)95-63)101-60-52(86)49(83)46(80)39(97-60)28-92-43(77)13-9-30-8-11-33(76)34(22-30)91-7/h8-11,13,22,32,35-42,44-63,71-76,78-88H,12,14-21,23-29H2,1-7H3,(H,89,90)/b13-9+/t32-,35+,36+,37+,38+,39+,40-,41+,42-,44+,45+,46+,47+,48-,49-,50-,51+,52+,53-,54+,55+,56-,57+,58+,59-,60-,61-,62-,63-,67-,68+,69-,70-/m0/s1. The average Bonchev–Trinajstić information content (AvgIpc) is 0.673. The molecule has 5 aliphatic heterocycles. The number of carboxylic acids is 1. The number of phenols is 1. The van der Waals surface area contributed by atoms with E-state index in [0.717, 1.165) is 18.1 Å². The molecule has 5 saturated heterocycles. The number of hydrogen-bond acceptors (Lipinski definition) is 31. The van der Waals surface area contributed by atoms with Gasteiger partial charge >= 0.3 is 11.9 Å². The smallest absolute Gasteiger partial charge is 0.330 e. The van der Waals surface area contributed by atoms with Gasteiger partial charge in [0.25, 0.3) is 0 Å². The number of hydrogen-bond donors (Lipinski definition) is 18. The Morgan fingerprint density at radius 2 is 1.07 bits per heavy atom. The first kappa shape index (κ1) is 79.2. The highest BCUT2D eigenvalue weighted by molar-refractivity contribution is 5.87. The van der Waals surface area contributed by atoms with E-state index in [4.69, 9.17) is 56.8 Å². The van der Waals surface area contributed by atoms with Crippen molar-refractivity contribution in [2.24, 2.45) is 50.2 Å². The number of allylic oxidation sites excluding steroid dienone is 1. The van der Waals surface area contributed by atoms with Crippen LogP contribution in [0.3, 0.4) is 0 Å². The van der Waals surface area contributed by atoms with Crippen LogP contribution >= 0.6 is 0 Å². The van der Waals surface area contributed by atoms with Gasteiger partial charge in [-0.2, -0.15) is 0 Å². The maximum Gasteiger partial charge on any atom is 0.330 e. The number of aliphatic hydroxyl groups is 16. The molecule has 10 aliphatic rings. The third-order valence-electron chi connectivity index (χ3n) is 25.4. The Hall–Kier alpha value is -3.80. The summed E-state index contributed by atoms with van der Waals surface area (Å²) >= 11 is 0. The molecule has 5 heterocycles. The maximum absolute atomic E-state index is 13.4. The van der Waals surface area contributed by atoms with Crippen LogP contribution in [0.5, 0.6) is 11.5 Å². The van der Waals surface area contributed by atoms with E-state index in [1.807, 2.05) is 0 Å². The molecule has 0 bridgehead atoms. The van der Waals surface area contributed by atoms with Crippen LogP contribution in [0.1, 0.15) is 111 Å². The van der Waals surface area contributed by atoms with E-state index in [2.05, 4.69) is 47.6 Å². The number of fused-ring (bicyclic) bond motifs is 7. The summed E-state index contributed by atoms with van der Waals surface area (Å²) in [5.74, 6) is -2.08. The van der Waals surface area contributed by atoms with E-state index >= 15 is 0 Å². The first-order chi connectivity index (χ1) is 48.1. The minimum absolute atomic E-state index is 0.0349. The predicted octanol–water partition coefficient (Wildman–Crippen LogP) is -2.69. The maximum atomic E-state index is 13.4. The molecule has 1 aromatic rings. The van der Waals surface area contributed by atoms with Gasteiger partial charge in [-0.3, -0.25) is 4.79 Å². The minimum atomic E-state index is -2.27. The van der Waals surface area contributed by atoms with Crippen molar-refractivity contribution >= 4 is 18.0 Å². The van der Waals surface area contributed by atoms with Crippen LogP contribution < -0.4 is 4.74 Å². The topological polar surface area (TPSA) is 509 Å². The Balaban J connectivity index is 0.827. The molecule has 11 rings (SSSR count). The van der Waals surface area contributed by atoms with E-state index in [9.17, 15) is 102 Å². The Morgan fingerprint density at radius 3 is 1.68 bits per heavy atom. The first-order valence-electron chi connectivity index (χ1n) is 35.4. The Kier molecular flexibility index (Phi) is 23.8. The quantitative estimate of drug-likeness (QED) is 0.0258. The molecule has 5 aliphatic carbocycles. The fourth-order valence-corrected chi connectivity index (χ4v) is 19.4. The molecule has 0 radical (unpaired) electrons. The van der Waals surface area contributed by atoms with Gasteiger partial charge < -0.3 is 149 Å². The average molecular weight is 1460 g/mol. The van der Waals surface area contributed by atoms with Crippen molar-refractivity contribution in [1.82, 2.24) is 0 Å². The number of aliphatic carboxylic acids is 1. The van der Waals surface area contributed by atoms with Gasteiger partial charge in [-0.25, -0.2) is 4.79 Å². The molecule has 9 fully saturated rings. The van der Waals surface area contributed by atoms with Crippen molar-refractivity contribution < 1.29 is 158 Å². The molecule has 0 unspecified atom stereocenters. The van der Waals surface area contributed by atoms with Crippen LogP contribution in [0.4, 0.5) is 0 Å². The summed E-state index contributed by atoms with van der Waals surface area (Å²) < 4.78 is 71.8. The van der Waals surface area contributed by atoms with Crippen molar-refractivity contribution in [3.63, 3.8) is 0 Å². The highest BCUT2D eigenvalue weighted by Gasteiger charge is 2.71. The van der Waals surface area contributed by atoms with Gasteiger partial charge in [0, 0.05) is 11.5 Å². The third-order valence-corrected chi connectivity index (χ3v) is 25.4. The van der Waals surface area contributed by atoms with Crippen LogP contribution in [-0.2, 0) is 61.7 Å². The number of phenolic OH excluding ortho intramolecular Hbond substituents is 1. The van der Waals surface area contributed by atoms with E-state index in [-0.39, 0.29) is 46.7 Å². The molecular weight excluding hydrogens is 1350 g/mol. The first-order valence-corrected chi connectivity index (χ1v) is 35.4. The summed E-state index contributed by atoms with van der Waals surface area (Å²) in [4.78, 5) is 26.2. The summed E-state index contributed by atoms with van der Waals surface area (Å²) in [6.07, 6.45) is -38.9. The van der Waals surface area contributed by atoms with Gasteiger partial charge in [-0.05, 0) is 127 Å². The van der Waals surface area contributed by atoms with Crippen molar-refractivity contribution in [1.29, 1.82) is 0 Å². The van der Waals surface area contributed by atoms with E-state index in [1.165, 1.54) is 31.4 Å². The predicted molar refractivity (Wildman–Crippen MR) is 345 cm³/mol. The lowest BCUT2D eigenvalue weighted by Gasteiger charge is -2.71. The highest BCUT2D eigenvalue weighted by atomic mass is 16.8. The number of rotatable bonds is 21. The van der Waals surface area contributed by atoms with Crippen LogP contribution in [0, 0.1) is 50.2 Å². The molecule has 0 spiro atoms. The van der Waals surface area contributed by atoms with Gasteiger partial charge in [0.05, 0.1) is 51.7 Å². The van der Waals surface area contributed by atoms with Crippen LogP contribution in [0.15, 0.2) is 35.9 Å². The molecular formula is C70H106O32. The van der Waals surface area contributed by atoms with Gasteiger partial charge in [0.1, 0.15) is 129 Å². The molecule has 33 atom stereocenters. The molecule has 32 nitrogen and oxygen atoms in total. The van der Waals surface area contributed by atoms with Crippen molar-refractivity contribution in [3.05, 3.63) is 41.5 Å². The summed E-state index contributed by atoms with van der Waals surface area (Å²) in [6.45, 7) is 8.31. The second-order valence-electron chi connectivity index (χ2n) is 31.7. The largest absolute Gasteiger partial charge is 0.504 e. The number of carboxylic acid groups (broad SMARTS) is 1. The molecule has 578 valence electrons. The summed E-state index contributed by atoms with van der Waals surface area (Å²) in [6, 6.07) is 4.21. The fourth-order valence-electron chi connectivity index (χ4n) is 19.4. The summed E-state index contributed by atoms with van der Waals surface area (Å²) in [5, 5.41) is 201. The lowest BCUT2D eigenvalue weighted by molar-refractivity contribution is -0.406. The summed E-state index contributed by atoms with van der Waals surface area (Å²) in [5.41, 5.74) is -1.73. The zero-order valence-electron chi connectivity index (χ0n) is 58.3. The second kappa shape index (κ2) is 30.7. The van der Waals surface area contributed by atoms with Gasteiger partial charge in [0.15, 0.2) is 42.9 Å². The van der Waals surface area contributed by atoms with Gasteiger partial charge in [-0.1, -0.05) is 59.3 Å². The van der Waals surface area contributed by atoms with Gasteiger partial charge in [0.2, 0.25) is 0 Å². The number of benzene rings is 1. The Morgan fingerprint density at radius 1 is 0.539 bits per heavy atom. The molecule has 0 amide bonds. The van der Waals surface area contributed by atoms with Crippen molar-refractivity contribution in [3.8, 4) is 11.5 Å². The lowest BCUT2D eigenvalue weighted by Crippen LogP contribution is -2.69. The van der Waals surface area contributed by atoms with E-state index in [0.29, 0.717) is 63.4 Å². The molecule has 32 heteroatoms. The summed E-state index contributed by atoms with van der Waals surface area (Å²) in [7, 11) is 1.32. The zero-order chi connectivity index (χ0) is 74.2. The molecule has 102 heavy (non-hydrogen) atoms. The molecule has 4 saturated carbocycles. The number of carbonyl (C=O) groups is 2. The Bertz CT molecular complexity index is 3120. The SMILES string of the molecule is COc1cc(/C=C/C(=O)OC[C@H]2O[C@@H](O[C@H]3[C@H](O[C@@H]4[C@@H](O)[C@H](O[C@H]5[C@H](O)[C@@H](O[C@@H]6O[C@H](CO)[C@@H](O)[C@H](O)[C@H]6O)[C@H](O[C@H]6CC[C@]7(C)[C@H]8CC=C9[C@@H]%10CC(C)(C)CC[C@]%10(C(=O)O)CC[C@@]9(CO)[C@]8(C)CC[C@H]7C6(C)C)O[C@@H]5CO)O[C@H](CO)[C@H]4O)O[C@H](CO)[C@@H](O)[C@@H]3O)[C@H](O)[C@@H](O)[C@@H]2O)ccc1O. The Labute approximate surface area is 589 Å². The molecule has 0 aromatic heterocycles. The highest BCUT2D eigenvalue weighted by Crippen LogP contribution is 2.76. The number of ether oxygens (including phenoxy) is 12. The van der Waals surface area contributed by atoms with Crippen LogP contribution in [0.25, 0.3) is 6.08 Å². The normalized spacial score (nSPS) is 47.8. The van der Waals surface area contributed by atoms with E-state index < -0.39 is 226 Å². The van der Waals surface area contributed by atoms with Gasteiger partial charge in [-0.15, -0.1) is 0 Å². The molecule has 18 N–H and O–H groups in total. The number of carbonyl (C=O) groups excluding carboxylic acids is 1.